The highest BCUT2D eigenvalue weighted by atomic mass is 15.1. The highest BCUT2D eigenvalue weighted by Crippen LogP contribution is 2.27. The van der Waals surface area contributed by atoms with Gasteiger partial charge in [-0.25, -0.2) is 0 Å². The molecule has 0 fully saturated rings. The second kappa shape index (κ2) is 4.31. The number of hydrogen-bond donors (Lipinski definition) is 2. The molecule has 0 unspecified atom stereocenters. The fourth-order valence-corrected chi connectivity index (χ4v) is 2.80. The maximum atomic E-state index is 7.93. The van der Waals surface area contributed by atoms with Crippen LogP contribution in [0.2, 0.25) is 0 Å². The highest BCUT2D eigenvalue weighted by Gasteiger charge is 2.21. The van der Waals surface area contributed by atoms with Crippen molar-refractivity contribution < 1.29 is 0 Å². The number of aromatic nitrogens is 1. The van der Waals surface area contributed by atoms with Crippen molar-refractivity contribution in [2.24, 2.45) is 5.73 Å². The lowest BCUT2D eigenvalue weighted by molar-refractivity contribution is 0.310. The van der Waals surface area contributed by atoms with Crippen molar-refractivity contribution in [3.8, 4) is 0 Å². The summed E-state index contributed by atoms with van der Waals surface area (Å²) in [6.07, 6.45) is 0.927. The van der Waals surface area contributed by atoms with Crippen molar-refractivity contribution in [3.05, 3.63) is 40.6 Å². The van der Waals surface area contributed by atoms with E-state index in [2.05, 4.69) is 31.0 Å². The molecule has 1 aliphatic rings. The minimum Gasteiger partial charge on any atom is -0.384 e. The largest absolute Gasteiger partial charge is 0.384 e. The van der Waals surface area contributed by atoms with Crippen LogP contribution in [0.15, 0.2) is 18.2 Å². The Hall–Kier alpha value is -1.94. The van der Waals surface area contributed by atoms with Crippen molar-refractivity contribution in [2.75, 3.05) is 13.6 Å². The van der Waals surface area contributed by atoms with E-state index in [1.807, 2.05) is 6.07 Å². The van der Waals surface area contributed by atoms with E-state index in [1.165, 1.54) is 5.56 Å². The first-order valence-corrected chi connectivity index (χ1v) is 6.51. The third-order valence-electron chi connectivity index (χ3n) is 3.75. The van der Waals surface area contributed by atoms with Gasteiger partial charge >= 0.3 is 0 Å². The number of nitrogens with two attached hydrogens (primary N) is 1. The van der Waals surface area contributed by atoms with Crippen LogP contribution in [-0.2, 0) is 13.0 Å². The minimum absolute atomic E-state index is 0.143. The molecule has 0 atom stereocenters. The molecule has 0 amide bonds. The number of rotatable bonds is 1. The van der Waals surface area contributed by atoms with Crippen molar-refractivity contribution in [3.63, 3.8) is 0 Å². The molecule has 0 radical (unpaired) electrons. The van der Waals surface area contributed by atoms with Crippen molar-refractivity contribution in [1.29, 1.82) is 5.41 Å². The molecule has 0 aliphatic carbocycles. The Morgan fingerprint density at radius 1 is 1.42 bits per heavy atom. The molecule has 2 heterocycles. The molecule has 1 aromatic carbocycles. The SMILES string of the molecule is Cc1ccc2nc3c(c(C(=N)N)c2c1)CN(C)CC3. The van der Waals surface area contributed by atoms with Crippen molar-refractivity contribution >= 4 is 16.7 Å². The third kappa shape index (κ3) is 1.98. The number of fused-ring (bicyclic) bond motifs is 2. The molecule has 1 aliphatic heterocycles. The molecule has 2 aromatic rings. The molecule has 0 saturated heterocycles. The topological polar surface area (TPSA) is 66.0 Å². The van der Waals surface area contributed by atoms with Gasteiger partial charge in [0.1, 0.15) is 5.84 Å². The van der Waals surface area contributed by atoms with Crippen LogP contribution >= 0.6 is 0 Å². The van der Waals surface area contributed by atoms with Gasteiger partial charge in [0.05, 0.1) is 5.52 Å². The fraction of sp³-hybridized carbons (Fsp3) is 0.333. The molecule has 0 saturated carbocycles. The van der Waals surface area contributed by atoms with Gasteiger partial charge in [-0.05, 0) is 31.7 Å². The van der Waals surface area contributed by atoms with E-state index in [0.29, 0.717) is 0 Å². The van der Waals surface area contributed by atoms with Crippen molar-refractivity contribution in [2.45, 2.75) is 19.9 Å². The van der Waals surface area contributed by atoms with Gasteiger partial charge in [0.15, 0.2) is 0 Å². The second-order valence-electron chi connectivity index (χ2n) is 5.33. The average molecular weight is 254 g/mol. The fourth-order valence-electron chi connectivity index (χ4n) is 2.80. The van der Waals surface area contributed by atoms with Crippen molar-refractivity contribution in [1.82, 2.24) is 9.88 Å². The predicted molar refractivity (Wildman–Crippen MR) is 77.5 cm³/mol. The van der Waals surface area contributed by atoms with E-state index in [0.717, 1.165) is 47.2 Å². The number of likely N-dealkylation sites (N-methyl/N-ethyl adjacent to an activating group) is 1. The summed E-state index contributed by atoms with van der Waals surface area (Å²) in [4.78, 5) is 7.00. The lowest BCUT2D eigenvalue weighted by atomic mass is 9.94. The maximum Gasteiger partial charge on any atom is 0.123 e. The first kappa shape index (κ1) is 12.1. The van der Waals surface area contributed by atoms with Crippen LogP contribution in [0.1, 0.15) is 22.4 Å². The quantitative estimate of drug-likeness (QED) is 0.602. The summed E-state index contributed by atoms with van der Waals surface area (Å²) in [5.41, 5.74) is 11.0. The average Bonchev–Trinajstić information content (AvgIpc) is 2.35. The van der Waals surface area contributed by atoms with Crippen LogP contribution in [-0.4, -0.2) is 29.3 Å². The van der Waals surface area contributed by atoms with E-state index in [9.17, 15) is 0 Å². The molecule has 3 N–H and O–H groups in total. The molecule has 19 heavy (non-hydrogen) atoms. The number of nitrogen functional groups attached to an aromatic ring is 1. The Bertz CT molecular complexity index is 675. The molecule has 3 rings (SSSR count). The summed E-state index contributed by atoms with van der Waals surface area (Å²) >= 11 is 0. The number of nitrogens with zero attached hydrogens (tertiary/aromatic N) is 2. The summed E-state index contributed by atoms with van der Waals surface area (Å²) in [5.74, 6) is 0.143. The molecular weight excluding hydrogens is 236 g/mol. The predicted octanol–water partition coefficient (Wildman–Crippen LogP) is 1.82. The van der Waals surface area contributed by atoms with Gasteiger partial charge in [0, 0.05) is 36.2 Å². The van der Waals surface area contributed by atoms with Gasteiger partial charge in [0.25, 0.3) is 0 Å². The maximum absolute atomic E-state index is 7.93. The number of aryl methyl sites for hydroxylation is 1. The van der Waals surface area contributed by atoms with Gasteiger partial charge in [-0.3, -0.25) is 10.4 Å². The van der Waals surface area contributed by atoms with E-state index in [4.69, 9.17) is 16.1 Å². The van der Waals surface area contributed by atoms with Gasteiger partial charge in [-0.2, -0.15) is 0 Å². The third-order valence-corrected chi connectivity index (χ3v) is 3.75. The number of benzene rings is 1. The number of hydrogen-bond acceptors (Lipinski definition) is 3. The van der Waals surface area contributed by atoms with Gasteiger partial charge in [-0.15, -0.1) is 0 Å². The second-order valence-corrected chi connectivity index (χ2v) is 5.33. The summed E-state index contributed by atoms with van der Waals surface area (Å²) in [7, 11) is 2.09. The van der Waals surface area contributed by atoms with Crippen LogP contribution in [0.5, 0.6) is 0 Å². The van der Waals surface area contributed by atoms with Crippen LogP contribution in [0.25, 0.3) is 10.9 Å². The molecule has 0 spiro atoms. The Morgan fingerprint density at radius 2 is 2.21 bits per heavy atom. The molecule has 0 bridgehead atoms. The molecule has 4 heteroatoms. The Labute approximate surface area is 112 Å². The number of amidine groups is 1. The zero-order chi connectivity index (χ0) is 13.6. The van der Waals surface area contributed by atoms with E-state index < -0.39 is 0 Å². The van der Waals surface area contributed by atoms with Gasteiger partial charge in [0.2, 0.25) is 0 Å². The van der Waals surface area contributed by atoms with Crippen LogP contribution in [0.3, 0.4) is 0 Å². The summed E-state index contributed by atoms with van der Waals surface area (Å²) in [6, 6.07) is 6.16. The number of nitrogens with one attached hydrogen (secondary N) is 1. The molecule has 1 aromatic heterocycles. The van der Waals surface area contributed by atoms with Crippen LogP contribution in [0, 0.1) is 12.3 Å². The van der Waals surface area contributed by atoms with Gasteiger partial charge < -0.3 is 10.6 Å². The van der Waals surface area contributed by atoms with Gasteiger partial charge in [-0.1, -0.05) is 11.6 Å². The summed E-state index contributed by atoms with van der Waals surface area (Å²) in [6.45, 7) is 3.88. The summed E-state index contributed by atoms with van der Waals surface area (Å²) in [5, 5.41) is 8.93. The smallest absolute Gasteiger partial charge is 0.123 e. The Morgan fingerprint density at radius 3 is 2.95 bits per heavy atom. The lowest BCUT2D eigenvalue weighted by Crippen LogP contribution is -2.30. The monoisotopic (exact) mass is 254 g/mol. The minimum atomic E-state index is 0.143. The van der Waals surface area contributed by atoms with Crippen LogP contribution < -0.4 is 5.73 Å². The highest BCUT2D eigenvalue weighted by molar-refractivity contribution is 6.08. The first-order chi connectivity index (χ1) is 9.06. The zero-order valence-electron chi connectivity index (χ0n) is 11.3. The lowest BCUT2D eigenvalue weighted by Gasteiger charge is -2.27. The zero-order valence-corrected chi connectivity index (χ0v) is 11.3. The van der Waals surface area contributed by atoms with E-state index in [1.54, 1.807) is 0 Å². The molecule has 4 nitrogen and oxygen atoms in total. The number of pyridine rings is 1. The summed E-state index contributed by atoms with van der Waals surface area (Å²) < 4.78 is 0. The molecule has 98 valence electrons. The van der Waals surface area contributed by atoms with Crippen LogP contribution in [0.4, 0.5) is 0 Å². The normalized spacial score (nSPS) is 15.5. The standard InChI is InChI=1S/C15H18N4/c1-9-3-4-12-10(7-9)14(15(16)17)11-8-19(2)6-5-13(11)18-12/h3-4,7H,5-6,8H2,1-2H3,(H3,16,17). The van der Waals surface area contributed by atoms with E-state index in [-0.39, 0.29) is 5.84 Å². The van der Waals surface area contributed by atoms with E-state index >= 15 is 0 Å². The Balaban J connectivity index is 2.37. The molecular formula is C15H18N4. The Kier molecular flexibility index (Phi) is 2.75. The first-order valence-electron chi connectivity index (χ1n) is 6.51.